The molecule has 1 aromatic heterocycles. The van der Waals surface area contributed by atoms with E-state index in [1.165, 1.54) is 18.3 Å². The van der Waals surface area contributed by atoms with E-state index < -0.39 is 15.7 Å². The van der Waals surface area contributed by atoms with Gasteiger partial charge in [0.2, 0.25) is 0 Å². The number of hydrogen-bond donors (Lipinski definition) is 1. The largest absolute Gasteiger partial charge is 0.396 e. The molecular weight excluding hydrogens is 335 g/mol. The molecule has 0 fully saturated rings. The van der Waals surface area contributed by atoms with Gasteiger partial charge in [-0.05, 0) is 46.3 Å². The Hall–Kier alpha value is -1.47. The highest BCUT2D eigenvalue weighted by Gasteiger charge is 2.17. The fourth-order valence-corrected chi connectivity index (χ4v) is 2.99. The van der Waals surface area contributed by atoms with Crippen molar-refractivity contribution < 1.29 is 12.8 Å². The molecule has 100 valence electrons. The lowest BCUT2D eigenvalue weighted by molar-refractivity contribution is 0.590. The van der Waals surface area contributed by atoms with Gasteiger partial charge in [-0.1, -0.05) is 0 Å². The average Bonchev–Trinajstić information content (AvgIpc) is 2.35. The predicted molar refractivity (Wildman–Crippen MR) is 73.6 cm³/mol. The van der Waals surface area contributed by atoms with Gasteiger partial charge in [-0.2, -0.15) is 0 Å². The summed E-state index contributed by atoms with van der Waals surface area (Å²) in [7, 11) is -3.64. The van der Waals surface area contributed by atoms with Gasteiger partial charge in [0, 0.05) is 10.7 Å². The summed E-state index contributed by atoms with van der Waals surface area (Å²) in [6, 6.07) is 6.73. The van der Waals surface area contributed by atoms with Gasteiger partial charge in [0.15, 0.2) is 9.84 Å². The zero-order valence-corrected chi connectivity index (χ0v) is 12.1. The Morgan fingerprint density at radius 3 is 2.58 bits per heavy atom. The summed E-state index contributed by atoms with van der Waals surface area (Å²) in [6.07, 6.45) is 1.51. The summed E-state index contributed by atoms with van der Waals surface area (Å²) >= 11 is 3.21. The number of halogens is 2. The highest BCUT2D eigenvalue weighted by Crippen LogP contribution is 2.20. The summed E-state index contributed by atoms with van der Waals surface area (Å²) in [6.45, 7) is 0. The Balaban J connectivity index is 2.32. The minimum Gasteiger partial charge on any atom is -0.396 e. The van der Waals surface area contributed by atoms with E-state index in [4.69, 9.17) is 5.73 Å². The topological polar surface area (TPSA) is 73.1 Å². The lowest BCUT2D eigenvalue weighted by Gasteiger charge is -2.05. The summed E-state index contributed by atoms with van der Waals surface area (Å²) < 4.78 is 38.2. The van der Waals surface area contributed by atoms with Gasteiger partial charge in [-0.3, -0.25) is 4.98 Å². The summed E-state index contributed by atoms with van der Waals surface area (Å²) in [5.74, 6) is -1.03. The van der Waals surface area contributed by atoms with Crippen LogP contribution in [0.3, 0.4) is 0 Å². The van der Waals surface area contributed by atoms with Gasteiger partial charge in [0.05, 0.1) is 22.0 Å². The van der Waals surface area contributed by atoms with Crippen LogP contribution in [0.15, 0.2) is 45.9 Å². The molecule has 7 heteroatoms. The van der Waals surface area contributed by atoms with E-state index in [1.807, 2.05) is 0 Å². The molecule has 0 spiro atoms. The second-order valence-corrected chi connectivity index (χ2v) is 6.82. The fourth-order valence-electron chi connectivity index (χ4n) is 1.47. The highest BCUT2D eigenvalue weighted by atomic mass is 79.9. The van der Waals surface area contributed by atoms with Gasteiger partial charge < -0.3 is 5.73 Å². The second-order valence-electron chi connectivity index (χ2n) is 3.91. The Morgan fingerprint density at radius 1 is 1.26 bits per heavy atom. The number of sulfone groups is 1. The smallest absolute Gasteiger partial charge is 0.184 e. The Morgan fingerprint density at radius 2 is 2.00 bits per heavy atom. The van der Waals surface area contributed by atoms with E-state index in [1.54, 1.807) is 12.1 Å². The first-order valence-corrected chi connectivity index (χ1v) is 7.71. The van der Waals surface area contributed by atoms with Crippen molar-refractivity contribution in [3.63, 3.8) is 0 Å². The van der Waals surface area contributed by atoms with Crippen LogP contribution in [0.2, 0.25) is 0 Å². The molecule has 2 aromatic rings. The molecule has 1 aromatic carbocycles. The Kier molecular flexibility index (Phi) is 3.86. The molecule has 0 bridgehead atoms. The fraction of sp³-hybridized carbons (Fsp3) is 0.0833. The van der Waals surface area contributed by atoms with Crippen molar-refractivity contribution in [1.29, 1.82) is 0 Å². The summed E-state index contributed by atoms with van der Waals surface area (Å²) in [5.41, 5.74) is 5.62. The monoisotopic (exact) mass is 344 g/mol. The van der Waals surface area contributed by atoms with Crippen molar-refractivity contribution in [2.75, 3.05) is 5.73 Å². The minimum atomic E-state index is -3.64. The van der Waals surface area contributed by atoms with E-state index in [2.05, 4.69) is 20.9 Å². The van der Waals surface area contributed by atoms with Crippen molar-refractivity contribution in [2.45, 2.75) is 10.6 Å². The molecule has 0 saturated heterocycles. The molecule has 19 heavy (non-hydrogen) atoms. The van der Waals surface area contributed by atoms with Crippen LogP contribution < -0.4 is 5.73 Å². The van der Waals surface area contributed by atoms with Gasteiger partial charge >= 0.3 is 0 Å². The van der Waals surface area contributed by atoms with E-state index in [0.717, 1.165) is 10.5 Å². The maximum atomic E-state index is 13.3. The molecular formula is C12H10BrFN2O2S. The summed E-state index contributed by atoms with van der Waals surface area (Å²) in [5, 5.41) is 0. The zero-order chi connectivity index (χ0) is 14.0. The maximum absolute atomic E-state index is 13.3. The van der Waals surface area contributed by atoms with Gasteiger partial charge in [0.25, 0.3) is 0 Å². The molecule has 0 radical (unpaired) electrons. The van der Waals surface area contributed by atoms with Gasteiger partial charge in [-0.15, -0.1) is 0 Å². The normalized spacial score (nSPS) is 11.5. The molecule has 2 rings (SSSR count). The van der Waals surface area contributed by atoms with Crippen LogP contribution in [-0.2, 0) is 15.6 Å². The highest BCUT2D eigenvalue weighted by molar-refractivity contribution is 9.10. The molecule has 0 aliphatic carbocycles. The number of pyridine rings is 1. The molecule has 0 aliphatic heterocycles. The Bertz CT molecular complexity index is 702. The van der Waals surface area contributed by atoms with Gasteiger partial charge in [-0.25, -0.2) is 12.8 Å². The molecule has 0 amide bonds. The van der Waals surface area contributed by atoms with Crippen molar-refractivity contribution in [3.05, 3.63) is 52.5 Å². The molecule has 0 aliphatic rings. The van der Waals surface area contributed by atoms with E-state index in [0.29, 0.717) is 5.69 Å². The SMILES string of the molecule is Nc1ccc(S(=O)(=O)Cc2ccc(Br)cn2)cc1F. The molecule has 1 heterocycles. The van der Waals surface area contributed by atoms with Crippen molar-refractivity contribution >= 4 is 31.5 Å². The van der Waals surface area contributed by atoms with Crippen molar-refractivity contribution in [2.24, 2.45) is 0 Å². The average molecular weight is 345 g/mol. The number of rotatable bonds is 3. The molecule has 2 N–H and O–H groups in total. The van der Waals surface area contributed by atoms with E-state index in [9.17, 15) is 12.8 Å². The third-order valence-corrected chi connectivity index (χ3v) is 4.57. The summed E-state index contributed by atoms with van der Waals surface area (Å²) in [4.78, 5) is 3.88. The van der Waals surface area contributed by atoms with Crippen LogP contribution in [0.5, 0.6) is 0 Å². The molecule has 0 atom stereocenters. The second kappa shape index (κ2) is 5.26. The van der Waals surface area contributed by atoms with Crippen LogP contribution >= 0.6 is 15.9 Å². The molecule has 0 unspecified atom stereocenters. The lowest BCUT2D eigenvalue weighted by atomic mass is 10.3. The van der Waals surface area contributed by atoms with E-state index >= 15 is 0 Å². The van der Waals surface area contributed by atoms with E-state index in [-0.39, 0.29) is 16.3 Å². The van der Waals surface area contributed by atoms with Crippen molar-refractivity contribution in [3.8, 4) is 0 Å². The number of aromatic nitrogens is 1. The number of anilines is 1. The standard InChI is InChI=1S/C12H10BrFN2O2S/c13-8-1-2-9(16-6-8)7-19(17,18)10-3-4-12(15)11(14)5-10/h1-6H,7,15H2. The number of nitrogen functional groups attached to an aromatic ring is 1. The number of nitrogens with two attached hydrogens (primary N) is 1. The van der Waals surface area contributed by atoms with Crippen molar-refractivity contribution in [1.82, 2.24) is 4.98 Å². The van der Waals surface area contributed by atoms with Crippen LogP contribution in [-0.4, -0.2) is 13.4 Å². The molecule has 4 nitrogen and oxygen atoms in total. The first-order valence-electron chi connectivity index (χ1n) is 5.27. The quantitative estimate of drug-likeness (QED) is 0.868. The first-order chi connectivity index (χ1) is 8.88. The number of benzene rings is 1. The third kappa shape index (κ3) is 3.30. The first kappa shape index (κ1) is 14.0. The maximum Gasteiger partial charge on any atom is 0.184 e. The molecule has 0 saturated carbocycles. The zero-order valence-electron chi connectivity index (χ0n) is 9.68. The third-order valence-electron chi connectivity index (χ3n) is 2.46. The number of hydrogen-bond acceptors (Lipinski definition) is 4. The van der Waals surface area contributed by atoms with Crippen LogP contribution in [0.4, 0.5) is 10.1 Å². The minimum absolute atomic E-state index is 0.0827. The predicted octanol–water partition coefficient (Wildman–Crippen LogP) is 2.54. The van der Waals surface area contributed by atoms with Crippen LogP contribution in [0.1, 0.15) is 5.69 Å². The lowest BCUT2D eigenvalue weighted by Crippen LogP contribution is -2.07. The van der Waals surface area contributed by atoms with Gasteiger partial charge in [0.1, 0.15) is 5.82 Å². The van der Waals surface area contributed by atoms with Crippen LogP contribution in [0, 0.1) is 5.82 Å². The Labute approximate surface area is 118 Å². The van der Waals surface area contributed by atoms with Crippen LogP contribution in [0.25, 0.3) is 0 Å². The number of nitrogens with zero attached hydrogens (tertiary/aromatic N) is 1.